The molecule has 0 spiro atoms. The van der Waals surface area contributed by atoms with Gasteiger partial charge in [0.05, 0.1) is 5.69 Å². The Hall–Kier alpha value is -3.15. The van der Waals surface area contributed by atoms with Crippen LogP contribution in [0.5, 0.6) is 0 Å². The molecule has 0 aliphatic carbocycles. The minimum Gasteiger partial charge on any atom is -0.366 e. The molecule has 6 heteroatoms. The third kappa shape index (κ3) is 2.94. The van der Waals surface area contributed by atoms with Gasteiger partial charge < -0.3 is 5.32 Å². The molecule has 126 valence electrons. The normalized spacial score (nSPS) is 11.0. The highest BCUT2D eigenvalue weighted by atomic mass is 15.3. The summed E-state index contributed by atoms with van der Waals surface area (Å²) in [7, 11) is 6.09. The Bertz CT molecular complexity index is 1050. The van der Waals surface area contributed by atoms with E-state index in [0.717, 1.165) is 22.6 Å². The Labute approximate surface area is 153 Å². The van der Waals surface area contributed by atoms with Crippen molar-refractivity contribution in [3.05, 3.63) is 71.7 Å². The Kier molecular flexibility index (Phi) is 4.17. The first kappa shape index (κ1) is 16.3. The summed E-state index contributed by atoms with van der Waals surface area (Å²) in [5.41, 5.74) is 6.66. The fraction of sp³-hybridized carbons (Fsp3) is 0.150. The van der Waals surface area contributed by atoms with Gasteiger partial charge in [0.25, 0.3) is 0 Å². The van der Waals surface area contributed by atoms with Crippen molar-refractivity contribution in [2.24, 2.45) is 0 Å². The van der Waals surface area contributed by atoms with E-state index in [1.165, 1.54) is 11.1 Å². The van der Waals surface area contributed by atoms with Crippen LogP contribution < -0.4 is 10.8 Å². The largest absolute Gasteiger partial charge is 0.366 e. The fourth-order valence-electron chi connectivity index (χ4n) is 3.15. The summed E-state index contributed by atoms with van der Waals surface area (Å²) in [6.45, 7) is 4.83. The first-order chi connectivity index (χ1) is 12.6. The van der Waals surface area contributed by atoms with Crippen LogP contribution in [0.2, 0.25) is 0 Å². The van der Waals surface area contributed by atoms with Gasteiger partial charge in [-0.1, -0.05) is 24.3 Å². The van der Waals surface area contributed by atoms with Gasteiger partial charge in [-0.05, 0) is 42.1 Å². The number of hydrogen-bond donors (Lipinski definition) is 1. The summed E-state index contributed by atoms with van der Waals surface area (Å²) < 4.78 is 1.74. The lowest BCUT2D eigenvalue weighted by molar-refractivity contribution is 0.925. The number of nitrogens with one attached hydrogen (secondary N) is 1. The number of nitrogens with zero attached hydrogens (tertiary/aromatic N) is 4. The Morgan fingerprint density at radius 1 is 1.08 bits per heavy atom. The van der Waals surface area contributed by atoms with Crippen LogP contribution in [0, 0.1) is 13.8 Å². The maximum atomic E-state index is 6.09. The maximum Gasteiger partial charge on any atom is 0.150 e. The molecular weight excluding hydrogens is 321 g/mol. The van der Waals surface area contributed by atoms with Crippen LogP contribution in [0.25, 0.3) is 16.9 Å². The van der Waals surface area contributed by atoms with Gasteiger partial charge in [-0.15, -0.1) is 0 Å². The molecule has 0 aliphatic heterocycles. The highest BCUT2D eigenvalue weighted by Gasteiger charge is 2.13. The smallest absolute Gasteiger partial charge is 0.150 e. The van der Waals surface area contributed by atoms with Crippen molar-refractivity contribution < 1.29 is 0 Å². The molecule has 0 saturated carbocycles. The van der Waals surface area contributed by atoms with Gasteiger partial charge in [0.1, 0.15) is 13.7 Å². The van der Waals surface area contributed by atoms with E-state index in [1.54, 1.807) is 16.9 Å². The minimum atomic E-state index is 0.558. The van der Waals surface area contributed by atoms with Crippen molar-refractivity contribution in [3.8, 4) is 11.3 Å². The monoisotopic (exact) mass is 339 g/mol. The van der Waals surface area contributed by atoms with Gasteiger partial charge in [0.2, 0.25) is 0 Å². The van der Waals surface area contributed by atoms with Gasteiger partial charge in [0, 0.05) is 36.8 Å². The summed E-state index contributed by atoms with van der Waals surface area (Å²) in [5, 5.41) is 7.79. The number of aromatic nitrogens is 4. The molecule has 1 aromatic carbocycles. The number of hydrogen-bond acceptors (Lipinski definition) is 4. The second-order valence-electron chi connectivity index (χ2n) is 6.34. The van der Waals surface area contributed by atoms with Gasteiger partial charge >= 0.3 is 0 Å². The highest BCUT2D eigenvalue weighted by Crippen LogP contribution is 2.28. The minimum absolute atomic E-state index is 0.558. The molecule has 26 heavy (non-hydrogen) atoms. The van der Waals surface area contributed by atoms with Gasteiger partial charge in [-0.3, -0.25) is 4.98 Å². The Morgan fingerprint density at radius 3 is 2.62 bits per heavy atom. The average molecular weight is 339 g/mol. The van der Waals surface area contributed by atoms with Gasteiger partial charge in [-0.25, -0.2) is 4.98 Å². The summed E-state index contributed by atoms with van der Waals surface area (Å²) in [5.74, 6) is 0.841. The second-order valence-corrected chi connectivity index (χ2v) is 6.34. The third-order valence-electron chi connectivity index (χ3n) is 4.43. The zero-order valence-corrected chi connectivity index (χ0v) is 14.8. The van der Waals surface area contributed by atoms with E-state index >= 15 is 0 Å². The molecule has 3 heterocycles. The van der Waals surface area contributed by atoms with Crippen LogP contribution >= 0.6 is 0 Å². The van der Waals surface area contributed by atoms with E-state index in [9.17, 15) is 0 Å². The number of fused-ring (bicyclic) bond motifs is 1. The molecule has 0 bridgehead atoms. The van der Waals surface area contributed by atoms with Crippen LogP contribution in [0.15, 0.2) is 55.0 Å². The van der Waals surface area contributed by atoms with Gasteiger partial charge in [-0.2, -0.15) is 9.61 Å². The van der Waals surface area contributed by atoms with E-state index in [4.69, 9.17) is 12.8 Å². The lowest BCUT2D eigenvalue weighted by Gasteiger charge is -2.14. The number of rotatable bonds is 4. The zero-order chi connectivity index (χ0) is 18.1. The van der Waals surface area contributed by atoms with Crippen molar-refractivity contribution in [1.29, 1.82) is 0 Å². The highest BCUT2D eigenvalue weighted by molar-refractivity contribution is 6.36. The maximum absolute atomic E-state index is 6.09. The average Bonchev–Trinajstić information content (AvgIpc) is 3.02. The first-order valence-electron chi connectivity index (χ1n) is 8.47. The van der Waals surface area contributed by atoms with Crippen molar-refractivity contribution >= 4 is 24.8 Å². The molecule has 5 nitrogen and oxygen atoms in total. The molecular formula is C20H18BN5. The molecule has 4 rings (SSSR count). The fourth-order valence-corrected chi connectivity index (χ4v) is 3.15. The SMILES string of the molecule is [B]c1cnn2c(NCc3cccnc3)cc(-c3c(C)cccc3C)nc12. The molecule has 0 unspecified atom stereocenters. The molecule has 1 N–H and O–H groups in total. The predicted molar refractivity (Wildman–Crippen MR) is 105 cm³/mol. The predicted octanol–water partition coefficient (Wildman–Crippen LogP) is 2.81. The first-order valence-corrected chi connectivity index (χ1v) is 8.47. The summed E-state index contributed by atoms with van der Waals surface area (Å²) in [6, 6.07) is 12.2. The molecule has 0 saturated heterocycles. The molecule has 0 fully saturated rings. The van der Waals surface area contributed by atoms with Crippen molar-refractivity contribution in [2.45, 2.75) is 20.4 Å². The van der Waals surface area contributed by atoms with E-state index in [2.05, 4.69) is 47.4 Å². The van der Waals surface area contributed by atoms with Crippen LogP contribution in [-0.4, -0.2) is 27.4 Å². The Morgan fingerprint density at radius 2 is 1.88 bits per heavy atom. The van der Waals surface area contributed by atoms with Crippen molar-refractivity contribution in [3.63, 3.8) is 0 Å². The Balaban J connectivity index is 1.82. The summed E-state index contributed by atoms with van der Waals surface area (Å²) >= 11 is 0. The molecule has 0 atom stereocenters. The van der Waals surface area contributed by atoms with E-state index in [-0.39, 0.29) is 0 Å². The number of anilines is 1. The van der Waals surface area contributed by atoms with Gasteiger partial charge in [0.15, 0.2) is 5.65 Å². The van der Waals surface area contributed by atoms with Crippen LogP contribution in [0.4, 0.5) is 5.82 Å². The van der Waals surface area contributed by atoms with Crippen LogP contribution in [0.3, 0.4) is 0 Å². The van der Waals surface area contributed by atoms with Crippen molar-refractivity contribution in [2.75, 3.05) is 5.32 Å². The number of benzene rings is 1. The second kappa shape index (κ2) is 6.63. The molecule has 2 radical (unpaired) electrons. The van der Waals surface area contributed by atoms with Crippen LogP contribution in [0.1, 0.15) is 16.7 Å². The molecule has 0 amide bonds. The molecule has 3 aromatic heterocycles. The summed E-state index contributed by atoms with van der Waals surface area (Å²) in [4.78, 5) is 8.92. The number of pyridine rings is 1. The van der Waals surface area contributed by atoms with Crippen LogP contribution in [-0.2, 0) is 6.54 Å². The quantitative estimate of drug-likeness (QED) is 0.581. The lowest BCUT2D eigenvalue weighted by atomic mass is 9.98. The van der Waals surface area contributed by atoms with Crippen molar-refractivity contribution in [1.82, 2.24) is 19.6 Å². The van der Waals surface area contributed by atoms with E-state index in [0.29, 0.717) is 17.7 Å². The van der Waals surface area contributed by atoms with E-state index in [1.807, 2.05) is 24.4 Å². The zero-order valence-electron chi connectivity index (χ0n) is 14.8. The lowest BCUT2D eigenvalue weighted by Crippen LogP contribution is -2.10. The van der Waals surface area contributed by atoms with E-state index < -0.39 is 0 Å². The third-order valence-corrected chi connectivity index (χ3v) is 4.43. The number of aryl methyl sites for hydroxylation is 2. The molecule has 0 aliphatic rings. The molecule has 4 aromatic rings. The topological polar surface area (TPSA) is 55.1 Å². The summed E-state index contributed by atoms with van der Waals surface area (Å²) in [6.07, 6.45) is 5.24. The standard InChI is InChI=1S/C20H18BN5/c1-13-5-3-6-14(2)19(13)17-9-18(23-11-15-7-4-8-22-10-15)26-20(25-17)16(21)12-24-26/h3-10,12,23H,11H2,1-2H3.